The van der Waals surface area contributed by atoms with Gasteiger partial charge in [-0.05, 0) is 73.3 Å². The Balaban J connectivity index is 1.32. The van der Waals surface area contributed by atoms with E-state index in [1.165, 1.54) is 35.1 Å². The van der Waals surface area contributed by atoms with E-state index in [4.69, 9.17) is 12.2 Å². The fourth-order valence-corrected chi connectivity index (χ4v) is 4.63. The van der Waals surface area contributed by atoms with Crippen LogP contribution in [0.3, 0.4) is 0 Å². The molecule has 2 aromatic carbocycles. The van der Waals surface area contributed by atoms with Gasteiger partial charge in [0.15, 0.2) is 5.11 Å². The summed E-state index contributed by atoms with van der Waals surface area (Å²) < 4.78 is 0. The first-order valence-electron chi connectivity index (χ1n) is 9.53. The number of rotatable bonds is 2. The van der Waals surface area contributed by atoms with Crippen molar-refractivity contribution in [3.8, 4) is 0 Å². The van der Waals surface area contributed by atoms with Gasteiger partial charge in [-0.15, -0.1) is 0 Å². The van der Waals surface area contributed by atoms with Crippen LogP contribution in [0.5, 0.6) is 0 Å². The molecular formula is C22H27N3S. The Labute approximate surface area is 162 Å². The smallest absolute Gasteiger partial charge is 0.173 e. The second-order valence-electron chi connectivity index (χ2n) is 7.66. The number of anilines is 1. The molecule has 26 heavy (non-hydrogen) atoms. The van der Waals surface area contributed by atoms with E-state index in [0.29, 0.717) is 6.04 Å². The Morgan fingerprint density at radius 3 is 2.08 bits per heavy atom. The summed E-state index contributed by atoms with van der Waals surface area (Å²) in [6.45, 7) is 8.44. The van der Waals surface area contributed by atoms with Crippen molar-refractivity contribution in [1.29, 1.82) is 0 Å². The number of nitrogens with one attached hydrogen (secondary N) is 1. The van der Waals surface area contributed by atoms with Gasteiger partial charge >= 0.3 is 0 Å². The van der Waals surface area contributed by atoms with E-state index < -0.39 is 0 Å². The van der Waals surface area contributed by atoms with Crippen LogP contribution in [0, 0.1) is 13.8 Å². The first-order chi connectivity index (χ1) is 12.6. The lowest BCUT2D eigenvalue weighted by atomic mass is 10.1. The fourth-order valence-electron chi connectivity index (χ4n) is 4.33. The van der Waals surface area contributed by atoms with Gasteiger partial charge in [0, 0.05) is 37.9 Å². The quantitative estimate of drug-likeness (QED) is 0.816. The summed E-state index contributed by atoms with van der Waals surface area (Å²) >= 11 is 5.67. The van der Waals surface area contributed by atoms with Crippen LogP contribution in [-0.4, -0.2) is 47.1 Å². The largest absolute Gasteiger partial charge is 0.346 e. The molecule has 2 aliphatic rings. The molecule has 1 saturated heterocycles. The summed E-state index contributed by atoms with van der Waals surface area (Å²) in [5.41, 5.74) is 6.70. The van der Waals surface area contributed by atoms with Crippen molar-refractivity contribution in [2.75, 3.05) is 31.5 Å². The Morgan fingerprint density at radius 1 is 0.923 bits per heavy atom. The molecule has 136 valence electrons. The Morgan fingerprint density at radius 2 is 1.50 bits per heavy atom. The summed E-state index contributed by atoms with van der Waals surface area (Å²) in [5.74, 6) is 0. The molecule has 4 heteroatoms. The molecule has 1 fully saturated rings. The number of fused-ring (bicyclic) bond motifs is 1. The maximum absolute atomic E-state index is 5.67. The fraction of sp³-hybridized carbons (Fsp3) is 0.409. The van der Waals surface area contributed by atoms with Gasteiger partial charge in [0.2, 0.25) is 0 Å². The summed E-state index contributed by atoms with van der Waals surface area (Å²) in [5, 5.41) is 4.28. The molecule has 0 saturated carbocycles. The van der Waals surface area contributed by atoms with Gasteiger partial charge in [0.05, 0.1) is 0 Å². The van der Waals surface area contributed by atoms with Gasteiger partial charge in [-0.2, -0.15) is 0 Å². The predicted octanol–water partition coefficient (Wildman–Crippen LogP) is 3.79. The minimum atomic E-state index is 0.663. The second kappa shape index (κ2) is 7.37. The van der Waals surface area contributed by atoms with Crippen molar-refractivity contribution in [2.45, 2.75) is 32.7 Å². The molecule has 0 atom stereocenters. The number of benzene rings is 2. The molecule has 1 heterocycles. The number of aryl methyl sites for hydroxylation is 2. The maximum Gasteiger partial charge on any atom is 0.173 e. The molecule has 1 aliphatic carbocycles. The Bertz CT molecular complexity index is 764. The van der Waals surface area contributed by atoms with Crippen LogP contribution in [0.15, 0.2) is 42.5 Å². The van der Waals surface area contributed by atoms with Crippen molar-refractivity contribution in [2.24, 2.45) is 0 Å². The lowest BCUT2D eigenvalue weighted by Crippen LogP contribution is -2.53. The normalized spacial score (nSPS) is 18.0. The SMILES string of the molecule is Cc1cc(C)cc(NC(=S)N2CCN(C3Cc4ccccc4C3)CC2)c1. The van der Waals surface area contributed by atoms with Crippen LogP contribution in [-0.2, 0) is 12.8 Å². The van der Waals surface area contributed by atoms with Crippen molar-refractivity contribution >= 4 is 23.0 Å². The molecule has 4 rings (SSSR count). The average Bonchev–Trinajstić information content (AvgIpc) is 3.05. The highest BCUT2D eigenvalue weighted by atomic mass is 32.1. The molecule has 0 radical (unpaired) electrons. The number of hydrogen-bond acceptors (Lipinski definition) is 2. The summed E-state index contributed by atoms with van der Waals surface area (Å²) in [6.07, 6.45) is 2.39. The van der Waals surface area contributed by atoms with Crippen LogP contribution in [0.2, 0.25) is 0 Å². The Hall–Kier alpha value is -1.91. The maximum atomic E-state index is 5.67. The van der Waals surface area contributed by atoms with E-state index in [9.17, 15) is 0 Å². The van der Waals surface area contributed by atoms with Crippen LogP contribution in [0.1, 0.15) is 22.3 Å². The number of piperazine rings is 1. The number of thiocarbonyl (C=S) groups is 1. The standard InChI is InChI=1S/C22H27N3S/c1-16-11-17(2)13-20(12-16)23-22(26)25-9-7-24(8-10-25)21-14-18-5-3-4-6-19(18)15-21/h3-6,11-13,21H,7-10,14-15H2,1-2H3,(H,23,26). The lowest BCUT2D eigenvalue weighted by molar-refractivity contribution is 0.137. The van der Waals surface area contributed by atoms with Gasteiger partial charge in [0.25, 0.3) is 0 Å². The zero-order valence-electron chi connectivity index (χ0n) is 15.7. The van der Waals surface area contributed by atoms with Crippen LogP contribution in [0.25, 0.3) is 0 Å². The van der Waals surface area contributed by atoms with Crippen LogP contribution in [0.4, 0.5) is 5.69 Å². The van der Waals surface area contributed by atoms with E-state index in [1.54, 1.807) is 0 Å². The molecule has 1 N–H and O–H groups in total. The highest BCUT2D eigenvalue weighted by Crippen LogP contribution is 2.26. The van der Waals surface area contributed by atoms with Gasteiger partial charge in [-0.1, -0.05) is 30.3 Å². The van der Waals surface area contributed by atoms with Crippen molar-refractivity contribution < 1.29 is 0 Å². The molecule has 0 amide bonds. The van der Waals surface area contributed by atoms with Gasteiger partial charge in [0.1, 0.15) is 0 Å². The Kier molecular flexibility index (Phi) is 4.96. The third kappa shape index (κ3) is 3.76. The molecule has 3 nitrogen and oxygen atoms in total. The molecule has 0 spiro atoms. The van der Waals surface area contributed by atoms with E-state index in [1.807, 2.05) is 0 Å². The minimum Gasteiger partial charge on any atom is -0.346 e. The van der Waals surface area contributed by atoms with E-state index in [2.05, 4.69) is 71.4 Å². The average molecular weight is 366 g/mol. The van der Waals surface area contributed by atoms with Gasteiger partial charge in [-0.25, -0.2) is 0 Å². The highest BCUT2D eigenvalue weighted by molar-refractivity contribution is 7.80. The van der Waals surface area contributed by atoms with Gasteiger partial charge < -0.3 is 10.2 Å². The monoisotopic (exact) mass is 365 g/mol. The summed E-state index contributed by atoms with van der Waals surface area (Å²) in [6, 6.07) is 16.1. The zero-order chi connectivity index (χ0) is 18.1. The molecule has 0 aromatic heterocycles. The second-order valence-corrected chi connectivity index (χ2v) is 8.05. The predicted molar refractivity (Wildman–Crippen MR) is 113 cm³/mol. The molecule has 0 unspecified atom stereocenters. The van der Waals surface area contributed by atoms with Crippen LogP contribution < -0.4 is 5.32 Å². The number of hydrogen-bond donors (Lipinski definition) is 1. The molecule has 0 bridgehead atoms. The lowest BCUT2D eigenvalue weighted by Gasteiger charge is -2.39. The van der Waals surface area contributed by atoms with Crippen molar-refractivity contribution in [3.63, 3.8) is 0 Å². The molecule has 1 aliphatic heterocycles. The molecular weight excluding hydrogens is 338 g/mol. The summed E-state index contributed by atoms with van der Waals surface area (Å²) in [7, 11) is 0. The molecule has 2 aromatic rings. The van der Waals surface area contributed by atoms with E-state index >= 15 is 0 Å². The van der Waals surface area contributed by atoms with Gasteiger partial charge in [-0.3, -0.25) is 4.90 Å². The first kappa shape index (κ1) is 17.5. The minimum absolute atomic E-state index is 0.663. The van der Waals surface area contributed by atoms with Crippen LogP contribution >= 0.6 is 12.2 Å². The first-order valence-corrected chi connectivity index (χ1v) is 9.94. The third-order valence-corrected chi connectivity index (χ3v) is 5.98. The van der Waals surface area contributed by atoms with Crippen molar-refractivity contribution in [1.82, 2.24) is 9.80 Å². The van der Waals surface area contributed by atoms with Crippen molar-refractivity contribution in [3.05, 3.63) is 64.7 Å². The highest BCUT2D eigenvalue weighted by Gasteiger charge is 2.29. The number of nitrogens with zero attached hydrogens (tertiary/aromatic N) is 2. The topological polar surface area (TPSA) is 18.5 Å². The van der Waals surface area contributed by atoms with E-state index in [-0.39, 0.29) is 0 Å². The summed E-state index contributed by atoms with van der Waals surface area (Å²) in [4.78, 5) is 4.96. The third-order valence-electron chi connectivity index (χ3n) is 5.62. The zero-order valence-corrected chi connectivity index (χ0v) is 16.5. The van der Waals surface area contributed by atoms with E-state index in [0.717, 1.165) is 37.0 Å².